The van der Waals surface area contributed by atoms with Crippen LogP contribution >= 0.6 is 0 Å². The molecule has 3 aromatic carbocycles. The van der Waals surface area contributed by atoms with Crippen molar-refractivity contribution in [1.29, 1.82) is 0 Å². The molecular formula is C34H39FN4O3. The summed E-state index contributed by atoms with van der Waals surface area (Å²) in [6, 6.07) is 20.8. The normalized spacial score (nSPS) is 16.5. The van der Waals surface area contributed by atoms with Gasteiger partial charge in [0.15, 0.2) is 0 Å². The molecule has 42 heavy (non-hydrogen) atoms. The number of carbonyl (C=O) groups excluding carboxylic acids is 3. The van der Waals surface area contributed by atoms with Crippen molar-refractivity contribution < 1.29 is 18.8 Å². The zero-order valence-corrected chi connectivity index (χ0v) is 24.2. The average molecular weight is 571 g/mol. The van der Waals surface area contributed by atoms with Crippen molar-refractivity contribution in [2.45, 2.75) is 44.9 Å². The van der Waals surface area contributed by atoms with E-state index in [1.807, 2.05) is 46.2 Å². The summed E-state index contributed by atoms with van der Waals surface area (Å²) in [4.78, 5) is 46.3. The number of piperidine rings is 1. The molecule has 2 aliphatic heterocycles. The van der Waals surface area contributed by atoms with Gasteiger partial charge in [-0.15, -0.1) is 0 Å². The van der Waals surface area contributed by atoms with E-state index in [4.69, 9.17) is 0 Å². The van der Waals surface area contributed by atoms with Crippen LogP contribution in [0.1, 0.15) is 71.2 Å². The van der Waals surface area contributed by atoms with Crippen LogP contribution in [0.4, 0.5) is 15.8 Å². The molecule has 0 aromatic heterocycles. The van der Waals surface area contributed by atoms with E-state index in [2.05, 4.69) is 17.1 Å². The fourth-order valence-electron chi connectivity index (χ4n) is 5.97. The predicted molar refractivity (Wildman–Crippen MR) is 163 cm³/mol. The standard InChI is InChI=1S/C34H39FN4O3/c1-2-29(25-10-5-3-6-11-25)33(41)39-21-9-20-37(22-23-39)31-17-16-28(36-32(40)26-12-14-27(35)15-13-26)24-30(31)34(42)38-18-7-4-8-19-38/h3,5-6,10-17,24,29H,2,4,7-9,18-23H2,1H3,(H,36,40). The summed E-state index contributed by atoms with van der Waals surface area (Å²) >= 11 is 0. The monoisotopic (exact) mass is 570 g/mol. The molecule has 7 nitrogen and oxygen atoms in total. The van der Waals surface area contributed by atoms with E-state index in [0.29, 0.717) is 56.1 Å². The summed E-state index contributed by atoms with van der Waals surface area (Å²) in [5, 5.41) is 2.87. The minimum absolute atomic E-state index is 0.0464. The fraction of sp³-hybridized carbons (Fsp3) is 0.382. The number of halogens is 1. The number of hydrogen-bond acceptors (Lipinski definition) is 4. The number of hydrogen-bond donors (Lipinski definition) is 1. The average Bonchev–Trinajstić information content (AvgIpc) is 3.29. The van der Waals surface area contributed by atoms with Crippen LogP contribution < -0.4 is 10.2 Å². The maximum atomic E-state index is 13.8. The van der Waals surface area contributed by atoms with Gasteiger partial charge < -0.3 is 20.0 Å². The Morgan fingerprint density at radius 1 is 0.786 bits per heavy atom. The van der Waals surface area contributed by atoms with Crippen molar-refractivity contribution in [3.8, 4) is 0 Å². The first-order valence-corrected chi connectivity index (χ1v) is 15.0. The number of nitrogens with zero attached hydrogens (tertiary/aromatic N) is 3. The molecule has 0 spiro atoms. The Morgan fingerprint density at radius 3 is 2.21 bits per heavy atom. The van der Waals surface area contributed by atoms with Crippen LogP contribution in [0.5, 0.6) is 0 Å². The second-order valence-corrected chi connectivity index (χ2v) is 11.1. The molecule has 2 heterocycles. The van der Waals surface area contributed by atoms with E-state index in [0.717, 1.165) is 43.4 Å². The molecule has 220 valence electrons. The maximum Gasteiger partial charge on any atom is 0.256 e. The van der Waals surface area contributed by atoms with Gasteiger partial charge in [-0.1, -0.05) is 37.3 Å². The first-order valence-electron chi connectivity index (χ1n) is 15.0. The Balaban J connectivity index is 1.36. The van der Waals surface area contributed by atoms with Gasteiger partial charge in [0.05, 0.1) is 11.5 Å². The first-order chi connectivity index (χ1) is 20.4. The van der Waals surface area contributed by atoms with Gasteiger partial charge in [0.25, 0.3) is 11.8 Å². The van der Waals surface area contributed by atoms with Gasteiger partial charge in [0, 0.05) is 56.2 Å². The molecule has 5 rings (SSSR count). The lowest BCUT2D eigenvalue weighted by Crippen LogP contribution is -2.39. The van der Waals surface area contributed by atoms with Crippen molar-refractivity contribution in [3.05, 3.63) is 95.3 Å². The van der Waals surface area contributed by atoms with Gasteiger partial charge in [-0.3, -0.25) is 14.4 Å². The quantitative estimate of drug-likeness (QED) is 0.382. The van der Waals surface area contributed by atoms with E-state index < -0.39 is 5.82 Å². The number of rotatable bonds is 7. The first kappa shape index (κ1) is 29.3. The highest BCUT2D eigenvalue weighted by Crippen LogP contribution is 2.29. The molecule has 2 saturated heterocycles. The van der Waals surface area contributed by atoms with E-state index in [9.17, 15) is 18.8 Å². The van der Waals surface area contributed by atoms with Gasteiger partial charge in [0.1, 0.15) is 5.82 Å². The van der Waals surface area contributed by atoms with Gasteiger partial charge in [-0.2, -0.15) is 0 Å². The summed E-state index contributed by atoms with van der Waals surface area (Å²) in [6.45, 7) is 6.04. The van der Waals surface area contributed by atoms with Crippen molar-refractivity contribution in [1.82, 2.24) is 9.80 Å². The third-order valence-corrected chi connectivity index (χ3v) is 8.29. The molecule has 1 N–H and O–H groups in total. The van der Waals surface area contributed by atoms with Crippen molar-refractivity contribution in [3.63, 3.8) is 0 Å². The van der Waals surface area contributed by atoms with Crippen molar-refractivity contribution in [2.75, 3.05) is 49.5 Å². The smallest absolute Gasteiger partial charge is 0.256 e. The zero-order valence-electron chi connectivity index (χ0n) is 24.2. The summed E-state index contributed by atoms with van der Waals surface area (Å²) in [6.07, 6.45) is 4.59. The highest BCUT2D eigenvalue weighted by Gasteiger charge is 2.29. The van der Waals surface area contributed by atoms with Crippen molar-refractivity contribution >= 4 is 29.1 Å². The summed E-state index contributed by atoms with van der Waals surface area (Å²) in [5.41, 5.74) is 3.24. The molecule has 1 atom stereocenters. The number of anilines is 2. The molecule has 3 aromatic rings. The highest BCUT2D eigenvalue weighted by atomic mass is 19.1. The summed E-state index contributed by atoms with van der Waals surface area (Å²) in [5.74, 6) is -0.845. The van der Waals surface area contributed by atoms with Gasteiger partial charge in [-0.05, 0) is 80.1 Å². The molecular weight excluding hydrogens is 531 g/mol. The summed E-state index contributed by atoms with van der Waals surface area (Å²) in [7, 11) is 0. The van der Waals surface area contributed by atoms with Gasteiger partial charge in [0.2, 0.25) is 5.91 Å². The zero-order chi connectivity index (χ0) is 29.5. The highest BCUT2D eigenvalue weighted by molar-refractivity contribution is 6.06. The second kappa shape index (κ2) is 13.6. The molecule has 8 heteroatoms. The summed E-state index contributed by atoms with van der Waals surface area (Å²) < 4.78 is 13.3. The minimum Gasteiger partial charge on any atom is -0.369 e. The third kappa shape index (κ3) is 6.81. The van der Waals surface area contributed by atoms with E-state index >= 15 is 0 Å². The Bertz CT molecular complexity index is 1390. The Kier molecular flexibility index (Phi) is 9.52. The fourth-order valence-corrected chi connectivity index (χ4v) is 5.97. The molecule has 0 bridgehead atoms. The minimum atomic E-state index is -0.409. The lowest BCUT2D eigenvalue weighted by atomic mass is 9.95. The van der Waals surface area contributed by atoms with Gasteiger partial charge >= 0.3 is 0 Å². The van der Waals surface area contributed by atoms with E-state index in [1.165, 1.54) is 24.3 Å². The molecule has 1 unspecified atom stereocenters. The van der Waals surface area contributed by atoms with Crippen LogP contribution in [-0.2, 0) is 4.79 Å². The number of nitrogens with one attached hydrogen (secondary N) is 1. The Hall–Kier alpha value is -4.20. The Labute approximate surface area is 247 Å². The molecule has 3 amide bonds. The SMILES string of the molecule is CCC(C(=O)N1CCCN(c2ccc(NC(=O)c3ccc(F)cc3)cc2C(=O)N2CCCCC2)CC1)c1ccccc1. The number of amides is 3. The molecule has 0 radical (unpaired) electrons. The topological polar surface area (TPSA) is 73.0 Å². The van der Waals surface area contributed by atoms with Crippen LogP contribution in [0.15, 0.2) is 72.8 Å². The molecule has 0 aliphatic carbocycles. The lowest BCUT2D eigenvalue weighted by Gasteiger charge is -2.31. The second-order valence-electron chi connectivity index (χ2n) is 11.1. The Morgan fingerprint density at radius 2 is 1.50 bits per heavy atom. The number of benzene rings is 3. The van der Waals surface area contributed by atoms with Crippen LogP contribution in [-0.4, -0.2) is 66.8 Å². The molecule has 2 aliphatic rings. The van der Waals surface area contributed by atoms with E-state index in [1.54, 1.807) is 12.1 Å². The van der Waals surface area contributed by atoms with Crippen LogP contribution in [0.25, 0.3) is 0 Å². The number of carbonyl (C=O) groups is 3. The van der Waals surface area contributed by atoms with Crippen LogP contribution in [0.3, 0.4) is 0 Å². The van der Waals surface area contributed by atoms with Crippen LogP contribution in [0.2, 0.25) is 0 Å². The van der Waals surface area contributed by atoms with Gasteiger partial charge in [-0.25, -0.2) is 4.39 Å². The lowest BCUT2D eigenvalue weighted by molar-refractivity contribution is -0.132. The predicted octanol–water partition coefficient (Wildman–Crippen LogP) is 5.94. The van der Waals surface area contributed by atoms with E-state index in [-0.39, 0.29) is 23.6 Å². The van der Waals surface area contributed by atoms with Crippen LogP contribution in [0, 0.1) is 5.82 Å². The molecule has 2 fully saturated rings. The number of likely N-dealkylation sites (tertiary alicyclic amines) is 1. The van der Waals surface area contributed by atoms with Crippen molar-refractivity contribution in [2.24, 2.45) is 0 Å². The maximum absolute atomic E-state index is 13.8. The molecule has 0 saturated carbocycles. The third-order valence-electron chi connectivity index (χ3n) is 8.29. The largest absolute Gasteiger partial charge is 0.369 e.